The van der Waals surface area contributed by atoms with Crippen LogP contribution in [0.25, 0.3) is 0 Å². The Labute approximate surface area is 165 Å². The van der Waals surface area contributed by atoms with Crippen LogP contribution in [0.3, 0.4) is 0 Å². The zero-order valence-corrected chi connectivity index (χ0v) is 17.2. The molecular formula is C20H31N3O5. The number of alkyl carbamates (subject to hydrolysis) is 1. The Morgan fingerprint density at radius 3 is 2.14 bits per heavy atom. The molecule has 8 heteroatoms. The number of carboxylic acids is 1. The van der Waals surface area contributed by atoms with Crippen molar-refractivity contribution in [3.05, 3.63) is 29.8 Å². The van der Waals surface area contributed by atoms with Gasteiger partial charge in [-0.25, -0.2) is 4.79 Å². The van der Waals surface area contributed by atoms with Gasteiger partial charge < -0.3 is 26.2 Å². The van der Waals surface area contributed by atoms with E-state index in [0.29, 0.717) is 6.42 Å². The summed E-state index contributed by atoms with van der Waals surface area (Å²) in [4.78, 5) is 34.5. The van der Waals surface area contributed by atoms with Crippen molar-refractivity contribution in [2.75, 3.05) is 11.9 Å². The summed E-state index contributed by atoms with van der Waals surface area (Å²) in [5.74, 6) is -1.39. The fourth-order valence-corrected chi connectivity index (χ4v) is 2.58. The summed E-state index contributed by atoms with van der Waals surface area (Å²) >= 11 is 0. The number of ether oxygens (including phenoxy) is 1. The van der Waals surface area contributed by atoms with E-state index in [1.807, 2.05) is 12.1 Å². The highest BCUT2D eigenvalue weighted by molar-refractivity contribution is 5.78. The quantitative estimate of drug-likeness (QED) is 0.510. The van der Waals surface area contributed by atoms with Crippen LogP contribution < -0.4 is 16.4 Å². The molecule has 1 unspecified atom stereocenters. The summed E-state index contributed by atoms with van der Waals surface area (Å²) in [7, 11) is 0. The first-order valence-corrected chi connectivity index (χ1v) is 9.12. The molecule has 1 atom stereocenters. The van der Waals surface area contributed by atoms with Crippen molar-refractivity contribution in [1.82, 2.24) is 5.32 Å². The molecule has 1 aromatic rings. The maximum Gasteiger partial charge on any atom is 0.407 e. The smallest absolute Gasteiger partial charge is 0.407 e. The number of aliphatic carboxylic acids is 1. The second-order valence-electron chi connectivity index (χ2n) is 8.46. The Hall–Kier alpha value is -2.77. The van der Waals surface area contributed by atoms with Crippen LogP contribution in [0, 0.1) is 5.41 Å². The minimum Gasteiger partial charge on any atom is -0.481 e. The molecule has 1 rings (SSSR count). The molecule has 0 bridgehead atoms. The molecule has 0 aliphatic rings. The van der Waals surface area contributed by atoms with E-state index < -0.39 is 35.0 Å². The van der Waals surface area contributed by atoms with Crippen LogP contribution in [0.4, 0.5) is 10.5 Å². The lowest BCUT2D eigenvalue weighted by molar-refractivity contribution is -0.147. The first-order chi connectivity index (χ1) is 12.8. The van der Waals surface area contributed by atoms with Crippen molar-refractivity contribution < 1.29 is 24.2 Å². The molecule has 28 heavy (non-hydrogen) atoms. The number of primary amides is 1. The zero-order chi connectivity index (χ0) is 21.5. The predicted molar refractivity (Wildman–Crippen MR) is 107 cm³/mol. The van der Waals surface area contributed by atoms with E-state index in [9.17, 15) is 19.5 Å². The molecule has 8 nitrogen and oxygen atoms in total. The van der Waals surface area contributed by atoms with Gasteiger partial charge in [0.2, 0.25) is 5.91 Å². The van der Waals surface area contributed by atoms with Gasteiger partial charge in [0.05, 0.1) is 12.0 Å². The highest BCUT2D eigenvalue weighted by atomic mass is 16.6. The summed E-state index contributed by atoms with van der Waals surface area (Å²) in [6, 6.07) is 6.86. The van der Waals surface area contributed by atoms with Crippen molar-refractivity contribution in [1.29, 1.82) is 0 Å². The number of anilines is 1. The predicted octanol–water partition coefficient (Wildman–Crippen LogP) is 2.52. The molecule has 1 aromatic carbocycles. The Bertz CT molecular complexity index is 693. The molecule has 0 aromatic heterocycles. The fraction of sp³-hybridized carbons (Fsp3) is 0.550. The fourth-order valence-electron chi connectivity index (χ4n) is 2.58. The van der Waals surface area contributed by atoms with Crippen molar-refractivity contribution in [3.8, 4) is 0 Å². The second-order valence-corrected chi connectivity index (χ2v) is 8.46. The first kappa shape index (κ1) is 23.3. The number of benzene rings is 1. The van der Waals surface area contributed by atoms with E-state index >= 15 is 0 Å². The van der Waals surface area contributed by atoms with Crippen LogP contribution in [-0.2, 0) is 20.7 Å². The number of hydrogen-bond donors (Lipinski definition) is 4. The van der Waals surface area contributed by atoms with Crippen LogP contribution in [0.15, 0.2) is 24.3 Å². The Morgan fingerprint density at radius 1 is 1.11 bits per heavy atom. The molecular weight excluding hydrogens is 362 g/mol. The van der Waals surface area contributed by atoms with Gasteiger partial charge in [0.15, 0.2) is 0 Å². The second kappa shape index (κ2) is 9.43. The average Bonchev–Trinajstić information content (AvgIpc) is 2.51. The molecule has 0 saturated carbocycles. The standard InChI is InChI=1S/C20H31N3O5/c1-19(2,3)28-18(27)23-15(11-20(4,5)17(25)26)10-13-6-8-14(9-7-13)22-12-16(21)24/h6-9,15,22H,10-12H2,1-5H3,(H2,21,24)(H,23,27)(H,25,26). The lowest BCUT2D eigenvalue weighted by Crippen LogP contribution is -2.43. The maximum atomic E-state index is 12.2. The summed E-state index contributed by atoms with van der Waals surface area (Å²) in [5.41, 5.74) is 5.10. The first-order valence-electron chi connectivity index (χ1n) is 9.12. The third-order valence-corrected chi connectivity index (χ3v) is 3.96. The van der Waals surface area contributed by atoms with Gasteiger partial charge >= 0.3 is 12.1 Å². The van der Waals surface area contributed by atoms with Crippen LogP contribution in [0.1, 0.15) is 46.6 Å². The monoisotopic (exact) mass is 393 g/mol. The van der Waals surface area contributed by atoms with Gasteiger partial charge in [-0.05, 0) is 65.2 Å². The van der Waals surface area contributed by atoms with Crippen molar-refractivity contribution in [2.45, 2.75) is 59.1 Å². The third kappa shape index (κ3) is 8.75. The van der Waals surface area contributed by atoms with Gasteiger partial charge in [0.1, 0.15) is 5.60 Å². The number of carbonyl (C=O) groups excluding carboxylic acids is 2. The molecule has 5 N–H and O–H groups in total. The third-order valence-electron chi connectivity index (χ3n) is 3.96. The molecule has 0 radical (unpaired) electrons. The number of nitrogens with two attached hydrogens (primary N) is 1. The van der Waals surface area contributed by atoms with Crippen molar-refractivity contribution in [3.63, 3.8) is 0 Å². The molecule has 0 aliphatic carbocycles. The van der Waals surface area contributed by atoms with E-state index in [0.717, 1.165) is 11.3 Å². The van der Waals surface area contributed by atoms with Crippen molar-refractivity contribution >= 4 is 23.7 Å². The van der Waals surface area contributed by atoms with Gasteiger partial charge in [-0.3, -0.25) is 9.59 Å². The number of carboxylic acid groups (broad SMARTS) is 1. The van der Waals surface area contributed by atoms with Gasteiger partial charge in [0.25, 0.3) is 0 Å². The van der Waals surface area contributed by atoms with Crippen LogP contribution in [0.5, 0.6) is 0 Å². The van der Waals surface area contributed by atoms with Gasteiger partial charge in [-0.1, -0.05) is 12.1 Å². The normalized spacial score (nSPS) is 12.8. The van der Waals surface area contributed by atoms with Crippen LogP contribution in [-0.4, -0.2) is 41.3 Å². The molecule has 0 saturated heterocycles. The molecule has 0 heterocycles. The Kier molecular flexibility index (Phi) is 7.84. The van der Waals surface area contributed by atoms with Gasteiger partial charge in [-0.15, -0.1) is 0 Å². The number of carbonyl (C=O) groups is 3. The van der Waals surface area contributed by atoms with E-state index in [2.05, 4.69) is 10.6 Å². The zero-order valence-electron chi connectivity index (χ0n) is 17.2. The number of amides is 2. The van der Waals surface area contributed by atoms with E-state index in [4.69, 9.17) is 10.5 Å². The van der Waals surface area contributed by atoms with E-state index in [1.54, 1.807) is 46.8 Å². The minimum absolute atomic E-state index is 0.0367. The number of rotatable bonds is 9. The topological polar surface area (TPSA) is 131 Å². The van der Waals surface area contributed by atoms with E-state index in [1.165, 1.54) is 0 Å². The summed E-state index contributed by atoms with van der Waals surface area (Å²) < 4.78 is 5.30. The molecule has 0 aliphatic heterocycles. The number of nitrogens with one attached hydrogen (secondary N) is 2. The lowest BCUT2D eigenvalue weighted by Gasteiger charge is -2.28. The van der Waals surface area contributed by atoms with Crippen LogP contribution in [0.2, 0.25) is 0 Å². The average molecular weight is 393 g/mol. The molecule has 0 fully saturated rings. The molecule has 156 valence electrons. The lowest BCUT2D eigenvalue weighted by atomic mass is 9.84. The number of hydrogen-bond acceptors (Lipinski definition) is 5. The summed E-state index contributed by atoms with van der Waals surface area (Å²) in [6.45, 7) is 8.57. The van der Waals surface area contributed by atoms with E-state index in [-0.39, 0.29) is 13.0 Å². The molecule has 2 amide bonds. The van der Waals surface area contributed by atoms with Gasteiger partial charge in [0, 0.05) is 11.7 Å². The summed E-state index contributed by atoms with van der Waals surface area (Å²) in [6.07, 6.45) is 0.0911. The maximum absolute atomic E-state index is 12.2. The van der Waals surface area contributed by atoms with Gasteiger partial charge in [-0.2, -0.15) is 0 Å². The Balaban J connectivity index is 2.87. The molecule has 0 spiro atoms. The highest BCUT2D eigenvalue weighted by Crippen LogP contribution is 2.25. The summed E-state index contributed by atoms with van der Waals surface area (Å²) in [5, 5.41) is 15.1. The highest BCUT2D eigenvalue weighted by Gasteiger charge is 2.32. The minimum atomic E-state index is -1.01. The SMILES string of the molecule is CC(C)(C)OC(=O)NC(Cc1ccc(NCC(N)=O)cc1)CC(C)(C)C(=O)O. The van der Waals surface area contributed by atoms with Crippen molar-refractivity contribution in [2.24, 2.45) is 11.1 Å². The van der Waals surface area contributed by atoms with Crippen LogP contribution >= 0.6 is 0 Å². The Morgan fingerprint density at radius 2 is 1.68 bits per heavy atom. The largest absolute Gasteiger partial charge is 0.481 e.